The molecule has 1 aromatic carbocycles. The highest BCUT2D eigenvalue weighted by Gasteiger charge is 2.24. The third kappa shape index (κ3) is 3.33. The minimum Gasteiger partial charge on any atom is -0.381 e. The van der Waals surface area contributed by atoms with Crippen molar-refractivity contribution in [2.24, 2.45) is 5.92 Å². The summed E-state index contributed by atoms with van der Waals surface area (Å²) in [5, 5.41) is 3.64. The predicted molar refractivity (Wildman–Crippen MR) is 75.8 cm³/mol. The van der Waals surface area contributed by atoms with Crippen molar-refractivity contribution in [3.63, 3.8) is 0 Å². The Morgan fingerprint density at radius 2 is 2.28 bits per heavy atom. The predicted octanol–water partition coefficient (Wildman–Crippen LogP) is 3.33. The summed E-state index contributed by atoms with van der Waals surface area (Å²) >= 11 is 0. The number of nitrogens with one attached hydrogen (secondary N) is 1. The van der Waals surface area contributed by atoms with Crippen molar-refractivity contribution in [2.75, 3.05) is 19.8 Å². The summed E-state index contributed by atoms with van der Waals surface area (Å²) < 4.78 is 5.65. The second-order valence-electron chi connectivity index (χ2n) is 5.11. The number of rotatable bonds is 5. The van der Waals surface area contributed by atoms with Crippen molar-refractivity contribution >= 4 is 0 Å². The topological polar surface area (TPSA) is 21.3 Å². The Kier molecular flexibility index (Phi) is 5.21. The summed E-state index contributed by atoms with van der Waals surface area (Å²) in [7, 11) is 0. The highest BCUT2D eigenvalue weighted by atomic mass is 16.5. The Hall–Kier alpha value is -0.860. The van der Waals surface area contributed by atoms with Gasteiger partial charge in [0.05, 0.1) is 6.61 Å². The molecule has 0 amide bonds. The van der Waals surface area contributed by atoms with E-state index in [0.717, 1.165) is 26.2 Å². The van der Waals surface area contributed by atoms with Gasteiger partial charge in [0.2, 0.25) is 0 Å². The first-order chi connectivity index (χ1) is 8.85. The molecule has 2 nitrogen and oxygen atoms in total. The average Bonchev–Trinajstić information content (AvgIpc) is 2.46. The van der Waals surface area contributed by atoms with Crippen LogP contribution in [0.1, 0.15) is 43.9 Å². The molecule has 0 saturated carbocycles. The van der Waals surface area contributed by atoms with E-state index in [1.165, 1.54) is 24.0 Å². The first-order valence-electron chi connectivity index (χ1n) is 7.25. The molecule has 18 heavy (non-hydrogen) atoms. The maximum absolute atomic E-state index is 5.65. The number of hydrogen-bond donors (Lipinski definition) is 1. The van der Waals surface area contributed by atoms with Crippen LogP contribution in [0.2, 0.25) is 0 Å². The number of hydrogen-bond acceptors (Lipinski definition) is 2. The second-order valence-corrected chi connectivity index (χ2v) is 5.11. The first-order valence-corrected chi connectivity index (χ1v) is 7.25. The Morgan fingerprint density at radius 1 is 1.39 bits per heavy atom. The molecule has 2 heteroatoms. The first kappa shape index (κ1) is 13.6. The molecule has 1 aliphatic heterocycles. The molecule has 100 valence electrons. The highest BCUT2D eigenvalue weighted by Crippen LogP contribution is 2.29. The molecule has 2 unspecified atom stereocenters. The lowest BCUT2D eigenvalue weighted by atomic mass is 9.88. The summed E-state index contributed by atoms with van der Waals surface area (Å²) in [5.41, 5.74) is 2.85. The molecule has 0 bridgehead atoms. The Labute approximate surface area is 111 Å². The van der Waals surface area contributed by atoms with Gasteiger partial charge in [0.25, 0.3) is 0 Å². The summed E-state index contributed by atoms with van der Waals surface area (Å²) in [4.78, 5) is 0. The molecule has 0 spiro atoms. The van der Waals surface area contributed by atoms with Gasteiger partial charge >= 0.3 is 0 Å². The fourth-order valence-corrected chi connectivity index (χ4v) is 2.81. The molecule has 0 aliphatic carbocycles. The molecule has 1 heterocycles. The van der Waals surface area contributed by atoms with E-state index in [2.05, 4.69) is 43.4 Å². The fourth-order valence-electron chi connectivity index (χ4n) is 2.81. The lowest BCUT2D eigenvalue weighted by molar-refractivity contribution is 0.0392. The van der Waals surface area contributed by atoms with Crippen molar-refractivity contribution in [3.8, 4) is 0 Å². The molecule has 1 saturated heterocycles. The third-order valence-electron chi connectivity index (χ3n) is 3.81. The van der Waals surface area contributed by atoms with E-state index >= 15 is 0 Å². The summed E-state index contributed by atoms with van der Waals surface area (Å²) in [5.74, 6) is 0.616. The van der Waals surface area contributed by atoms with E-state index in [1.54, 1.807) is 0 Å². The van der Waals surface area contributed by atoms with E-state index in [9.17, 15) is 0 Å². The zero-order valence-corrected chi connectivity index (χ0v) is 11.6. The van der Waals surface area contributed by atoms with Crippen LogP contribution in [0.15, 0.2) is 24.3 Å². The van der Waals surface area contributed by atoms with Crippen molar-refractivity contribution in [1.82, 2.24) is 5.32 Å². The lowest BCUT2D eigenvalue weighted by Gasteiger charge is -2.31. The third-order valence-corrected chi connectivity index (χ3v) is 3.81. The van der Waals surface area contributed by atoms with Crippen LogP contribution in [0, 0.1) is 5.92 Å². The Balaban J connectivity index is 2.16. The number of benzene rings is 1. The number of ether oxygens (including phenoxy) is 1. The van der Waals surface area contributed by atoms with E-state index in [4.69, 9.17) is 4.74 Å². The maximum Gasteiger partial charge on any atom is 0.0512 e. The van der Waals surface area contributed by atoms with E-state index < -0.39 is 0 Å². The van der Waals surface area contributed by atoms with Gasteiger partial charge < -0.3 is 10.1 Å². The van der Waals surface area contributed by atoms with Crippen molar-refractivity contribution in [1.29, 1.82) is 0 Å². The van der Waals surface area contributed by atoms with Crippen LogP contribution in [-0.2, 0) is 11.2 Å². The highest BCUT2D eigenvalue weighted by molar-refractivity contribution is 5.26. The van der Waals surface area contributed by atoms with Gasteiger partial charge in [0.1, 0.15) is 0 Å². The van der Waals surface area contributed by atoms with Gasteiger partial charge in [-0.1, -0.05) is 38.1 Å². The van der Waals surface area contributed by atoms with Gasteiger partial charge in [0.15, 0.2) is 0 Å². The van der Waals surface area contributed by atoms with E-state index in [1.807, 2.05) is 0 Å². The summed E-state index contributed by atoms with van der Waals surface area (Å²) in [6.07, 6.45) is 3.57. The van der Waals surface area contributed by atoms with Crippen LogP contribution in [0.3, 0.4) is 0 Å². The van der Waals surface area contributed by atoms with E-state index in [-0.39, 0.29) is 0 Å². The molecule has 2 atom stereocenters. The second kappa shape index (κ2) is 6.91. The molecule has 0 radical (unpaired) electrons. The summed E-state index contributed by atoms with van der Waals surface area (Å²) in [6, 6.07) is 9.44. The van der Waals surface area contributed by atoms with Gasteiger partial charge in [0, 0.05) is 18.6 Å². The van der Waals surface area contributed by atoms with Gasteiger partial charge in [-0.3, -0.25) is 0 Å². The van der Waals surface area contributed by atoms with Gasteiger partial charge in [-0.2, -0.15) is 0 Å². The van der Waals surface area contributed by atoms with Crippen molar-refractivity contribution in [2.45, 2.75) is 39.2 Å². The Morgan fingerprint density at radius 3 is 2.94 bits per heavy atom. The van der Waals surface area contributed by atoms with Crippen LogP contribution in [-0.4, -0.2) is 19.8 Å². The molecule has 1 aliphatic rings. The van der Waals surface area contributed by atoms with Gasteiger partial charge in [-0.15, -0.1) is 0 Å². The molecule has 1 aromatic rings. The molecule has 2 rings (SSSR count). The molecule has 1 fully saturated rings. The van der Waals surface area contributed by atoms with Crippen LogP contribution >= 0.6 is 0 Å². The van der Waals surface area contributed by atoms with Gasteiger partial charge in [-0.05, 0) is 36.9 Å². The van der Waals surface area contributed by atoms with Crippen molar-refractivity contribution < 1.29 is 4.74 Å². The van der Waals surface area contributed by atoms with Crippen LogP contribution < -0.4 is 5.32 Å². The van der Waals surface area contributed by atoms with Crippen LogP contribution in [0.5, 0.6) is 0 Å². The minimum atomic E-state index is 0.446. The molecule has 0 aromatic heterocycles. The monoisotopic (exact) mass is 247 g/mol. The summed E-state index contributed by atoms with van der Waals surface area (Å²) in [6.45, 7) is 7.24. The lowest BCUT2D eigenvalue weighted by Crippen LogP contribution is -2.33. The molecular formula is C16H25NO. The number of aryl methyl sites for hydroxylation is 1. The SMILES string of the molecule is CCNC(c1cccc(CC)c1)C1CCCOC1. The fraction of sp³-hybridized carbons (Fsp3) is 0.625. The minimum absolute atomic E-state index is 0.446. The van der Waals surface area contributed by atoms with Gasteiger partial charge in [-0.25, -0.2) is 0 Å². The van der Waals surface area contributed by atoms with Crippen molar-refractivity contribution in [3.05, 3.63) is 35.4 Å². The zero-order valence-electron chi connectivity index (χ0n) is 11.6. The quantitative estimate of drug-likeness (QED) is 0.861. The van der Waals surface area contributed by atoms with E-state index in [0.29, 0.717) is 12.0 Å². The van der Waals surface area contributed by atoms with Crippen LogP contribution in [0.25, 0.3) is 0 Å². The normalized spacial score (nSPS) is 21.8. The average molecular weight is 247 g/mol. The largest absolute Gasteiger partial charge is 0.381 e. The molecule has 1 N–H and O–H groups in total. The maximum atomic E-state index is 5.65. The smallest absolute Gasteiger partial charge is 0.0512 e. The zero-order chi connectivity index (χ0) is 12.8. The molecular weight excluding hydrogens is 222 g/mol. The standard InChI is InChI=1S/C16H25NO/c1-3-13-7-5-8-14(11-13)16(17-4-2)15-9-6-10-18-12-15/h5,7-8,11,15-17H,3-4,6,9-10,12H2,1-2H3. The van der Waals surface area contributed by atoms with Crippen LogP contribution in [0.4, 0.5) is 0 Å². The Bertz CT molecular complexity index is 358.